The Morgan fingerprint density at radius 2 is 1.55 bits per heavy atom. The molecule has 0 N–H and O–H groups in total. The molecule has 2 aromatic carbocycles. The highest BCUT2D eigenvalue weighted by atomic mass is 16.5. The normalized spacial score (nSPS) is 11.5. The molecule has 0 atom stereocenters. The first-order chi connectivity index (χ1) is 10.5. The van der Waals surface area contributed by atoms with Gasteiger partial charge in [0.1, 0.15) is 5.75 Å². The number of nitrogens with zero attached hydrogens (tertiary/aromatic N) is 1. The number of hydrogen-bond donors (Lipinski definition) is 0. The third-order valence-corrected chi connectivity index (χ3v) is 3.19. The van der Waals surface area contributed by atoms with Gasteiger partial charge < -0.3 is 4.74 Å². The molecular formula is C20H25NO. The van der Waals surface area contributed by atoms with Gasteiger partial charge in [-0.2, -0.15) is 0 Å². The van der Waals surface area contributed by atoms with E-state index in [0.717, 1.165) is 23.4 Å². The van der Waals surface area contributed by atoms with Gasteiger partial charge in [0.25, 0.3) is 0 Å². The molecule has 0 aliphatic rings. The Hall–Kier alpha value is -2.09. The highest BCUT2D eigenvalue weighted by Crippen LogP contribution is 2.17. The molecule has 22 heavy (non-hydrogen) atoms. The summed E-state index contributed by atoms with van der Waals surface area (Å²) in [5.41, 5.74) is 3.42. The molecule has 2 nitrogen and oxygen atoms in total. The van der Waals surface area contributed by atoms with E-state index in [1.165, 1.54) is 5.56 Å². The fraction of sp³-hybridized carbons (Fsp3) is 0.350. The van der Waals surface area contributed by atoms with Crippen LogP contribution >= 0.6 is 0 Å². The Balaban J connectivity index is 1.99. The van der Waals surface area contributed by atoms with Crippen LogP contribution in [0.1, 0.15) is 38.8 Å². The quantitative estimate of drug-likeness (QED) is 0.652. The predicted octanol–water partition coefficient (Wildman–Crippen LogP) is 5.42. The van der Waals surface area contributed by atoms with Crippen LogP contribution in [0.15, 0.2) is 53.5 Å². The lowest BCUT2D eigenvalue weighted by atomic mass is 10.0. The molecule has 2 rings (SSSR count). The van der Waals surface area contributed by atoms with E-state index in [2.05, 4.69) is 43.1 Å². The second-order valence-corrected chi connectivity index (χ2v) is 6.26. The van der Waals surface area contributed by atoms with Gasteiger partial charge in [0.15, 0.2) is 0 Å². The molecule has 0 spiro atoms. The monoisotopic (exact) mass is 295 g/mol. The fourth-order valence-corrected chi connectivity index (χ4v) is 2.24. The lowest BCUT2D eigenvalue weighted by Crippen LogP contribution is -2.05. The summed E-state index contributed by atoms with van der Waals surface area (Å²) < 4.78 is 5.63. The van der Waals surface area contributed by atoms with Crippen molar-refractivity contribution in [1.29, 1.82) is 0 Å². The number of ether oxygens (including phenoxy) is 1. The summed E-state index contributed by atoms with van der Waals surface area (Å²) in [5.74, 6) is 1.58. The molecule has 0 radical (unpaired) electrons. The van der Waals surface area contributed by atoms with Crippen molar-refractivity contribution in [3.63, 3.8) is 0 Å². The third-order valence-electron chi connectivity index (χ3n) is 3.19. The molecule has 0 aromatic heterocycles. The molecule has 0 unspecified atom stereocenters. The summed E-state index contributed by atoms with van der Waals surface area (Å²) in [4.78, 5) is 4.52. The maximum atomic E-state index is 5.63. The van der Waals surface area contributed by atoms with Crippen LogP contribution in [0.5, 0.6) is 5.75 Å². The van der Waals surface area contributed by atoms with Gasteiger partial charge in [-0.15, -0.1) is 0 Å². The summed E-state index contributed by atoms with van der Waals surface area (Å²) >= 11 is 0. The van der Waals surface area contributed by atoms with Gasteiger partial charge in [0.05, 0.1) is 11.8 Å². The molecule has 0 amide bonds. The SMILES string of the molecule is CC(C)Cc1ccc(N=Cc2ccc(OC(C)C)cc2)cc1. The van der Waals surface area contributed by atoms with Crippen LogP contribution in [0.2, 0.25) is 0 Å². The first kappa shape index (κ1) is 16.3. The van der Waals surface area contributed by atoms with Crippen molar-refractivity contribution < 1.29 is 4.74 Å². The van der Waals surface area contributed by atoms with Gasteiger partial charge in [-0.25, -0.2) is 0 Å². The van der Waals surface area contributed by atoms with Gasteiger partial charge in [-0.3, -0.25) is 4.99 Å². The lowest BCUT2D eigenvalue weighted by molar-refractivity contribution is 0.242. The van der Waals surface area contributed by atoms with Crippen LogP contribution in [-0.4, -0.2) is 12.3 Å². The predicted molar refractivity (Wildman–Crippen MR) is 94.4 cm³/mol. The lowest BCUT2D eigenvalue weighted by Gasteiger charge is -2.09. The number of benzene rings is 2. The van der Waals surface area contributed by atoms with Crippen LogP contribution in [-0.2, 0) is 6.42 Å². The first-order valence-corrected chi connectivity index (χ1v) is 7.92. The van der Waals surface area contributed by atoms with E-state index in [-0.39, 0.29) is 6.10 Å². The van der Waals surface area contributed by atoms with Crippen molar-refractivity contribution in [2.75, 3.05) is 0 Å². The zero-order chi connectivity index (χ0) is 15.9. The summed E-state index contributed by atoms with van der Waals surface area (Å²) in [6.07, 6.45) is 3.20. The van der Waals surface area contributed by atoms with E-state index in [9.17, 15) is 0 Å². The van der Waals surface area contributed by atoms with Crippen LogP contribution in [0.25, 0.3) is 0 Å². The Labute approximate surface area is 133 Å². The van der Waals surface area contributed by atoms with Crippen molar-refractivity contribution in [3.8, 4) is 5.75 Å². The minimum Gasteiger partial charge on any atom is -0.491 e. The molecule has 0 saturated heterocycles. The molecule has 0 aliphatic heterocycles. The Bertz CT molecular complexity index is 539. The third kappa shape index (κ3) is 5.36. The minimum absolute atomic E-state index is 0.198. The van der Waals surface area contributed by atoms with E-state index in [1.54, 1.807) is 0 Å². The summed E-state index contributed by atoms with van der Waals surface area (Å²) in [5, 5.41) is 0. The van der Waals surface area contributed by atoms with E-state index in [4.69, 9.17) is 4.74 Å². The molecule has 0 heterocycles. The van der Waals surface area contributed by atoms with Gasteiger partial charge >= 0.3 is 0 Å². The van der Waals surface area contributed by atoms with E-state index in [1.807, 2.05) is 44.3 Å². The molecule has 2 aromatic rings. The summed E-state index contributed by atoms with van der Waals surface area (Å²) in [6, 6.07) is 16.5. The second kappa shape index (κ2) is 7.79. The van der Waals surface area contributed by atoms with E-state index < -0.39 is 0 Å². The van der Waals surface area contributed by atoms with Crippen LogP contribution < -0.4 is 4.74 Å². The van der Waals surface area contributed by atoms with Crippen LogP contribution in [0, 0.1) is 5.92 Å². The number of hydrogen-bond acceptors (Lipinski definition) is 2. The number of rotatable bonds is 6. The van der Waals surface area contributed by atoms with E-state index >= 15 is 0 Å². The first-order valence-electron chi connectivity index (χ1n) is 7.92. The van der Waals surface area contributed by atoms with Crippen LogP contribution in [0.4, 0.5) is 5.69 Å². The topological polar surface area (TPSA) is 21.6 Å². The zero-order valence-electron chi connectivity index (χ0n) is 13.9. The van der Waals surface area contributed by atoms with Gasteiger partial charge in [-0.1, -0.05) is 26.0 Å². The average molecular weight is 295 g/mol. The highest BCUT2D eigenvalue weighted by molar-refractivity contribution is 5.82. The molecule has 0 fully saturated rings. The minimum atomic E-state index is 0.198. The second-order valence-electron chi connectivity index (χ2n) is 6.26. The van der Waals surface area contributed by atoms with Crippen molar-refractivity contribution in [2.24, 2.45) is 10.9 Å². The standard InChI is InChI=1S/C20H25NO/c1-15(2)13-17-5-9-19(10-6-17)21-14-18-7-11-20(12-8-18)22-16(3)4/h5-12,14-16H,13H2,1-4H3. The van der Waals surface area contributed by atoms with E-state index in [0.29, 0.717) is 5.92 Å². The largest absolute Gasteiger partial charge is 0.491 e. The average Bonchev–Trinajstić information content (AvgIpc) is 2.47. The van der Waals surface area contributed by atoms with Crippen molar-refractivity contribution in [3.05, 3.63) is 59.7 Å². The summed E-state index contributed by atoms with van der Waals surface area (Å²) in [7, 11) is 0. The van der Waals surface area contributed by atoms with Crippen molar-refractivity contribution in [2.45, 2.75) is 40.2 Å². The van der Waals surface area contributed by atoms with Crippen LogP contribution in [0.3, 0.4) is 0 Å². The molecule has 0 saturated carbocycles. The molecule has 116 valence electrons. The van der Waals surface area contributed by atoms with Gasteiger partial charge in [0, 0.05) is 6.21 Å². The smallest absolute Gasteiger partial charge is 0.119 e. The molecular weight excluding hydrogens is 270 g/mol. The maximum absolute atomic E-state index is 5.63. The van der Waals surface area contributed by atoms with Gasteiger partial charge in [-0.05, 0) is 73.7 Å². The Morgan fingerprint density at radius 1 is 0.909 bits per heavy atom. The number of aliphatic imine (C=N–C) groups is 1. The molecule has 2 heteroatoms. The Kier molecular flexibility index (Phi) is 5.76. The zero-order valence-corrected chi connectivity index (χ0v) is 13.9. The molecule has 0 bridgehead atoms. The Morgan fingerprint density at radius 3 is 2.09 bits per heavy atom. The fourth-order valence-electron chi connectivity index (χ4n) is 2.24. The van der Waals surface area contributed by atoms with Crippen molar-refractivity contribution >= 4 is 11.9 Å². The molecule has 0 aliphatic carbocycles. The highest BCUT2D eigenvalue weighted by Gasteiger charge is 1.98. The van der Waals surface area contributed by atoms with Crippen molar-refractivity contribution in [1.82, 2.24) is 0 Å². The summed E-state index contributed by atoms with van der Waals surface area (Å²) in [6.45, 7) is 8.52. The maximum Gasteiger partial charge on any atom is 0.119 e. The van der Waals surface area contributed by atoms with Gasteiger partial charge in [0.2, 0.25) is 0 Å².